The summed E-state index contributed by atoms with van der Waals surface area (Å²) in [5.74, 6) is -0.398. The molecule has 2 N–H and O–H groups in total. The Morgan fingerprint density at radius 2 is 2.14 bits per heavy atom. The number of primary amides is 1. The maximum absolute atomic E-state index is 11.2. The molecule has 0 saturated heterocycles. The zero-order valence-corrected chi connectivity index (χ0v) is 7.82. The van der Waals surface area contributed by atoms with E-state index in [9.17, 15) is 4.79 Å². The Labute approximate surface area is 81.6 Å². The molecule has 2 rings (SSSR count). The smallest absolute Gasteiger partial charge is 0.249 e. The number of benzene rings is 1. The van der Waals surface area contributed by atoms with Gasteiger partial charge < -0.3 is 5.73 Å². The second-order valence-corrected chi connectivity index (χ2v) is 3.22. The monoisotopic (exact) mass is 186 g/mol. The van der Waals surface area contributed by atoms with E-state index >= 15 is 0 Å². The van der Waals surface area contributed by atoms with Crippen LogP contribution in [0, 0.1) is 6.92 Å². The fourth-order valence-electron chi connectivity index (χ4n) is 1.62. The van der Waals surface area contributed by atoms with Gasteiger partial charge in [0.2, 0.25) is 5.91 Å². The number of carbonyl (C=O) groups is 1. The van der Waals surface area contributed by atoms with E-state index in [4.69, 9.17) is 5.73 Å². The number of aromatic nitrogens is 1. The third kappa shape index (κ3) is 1.23. The number of hydrogen-bond acceptors (Lipinski definition) is 2. The molecule has 0 saturated carbocycles. The molecule has 1 aromatic heterocycles. The average Bonchev–Trinajstić information content (AvgIpc) is 2.17. The van der Waals surface area contributed by atoms with Gasteiger partial charge in [0.05, 0.1) is 0 Å². The minimum Gasteiger partial charge on any atom is -0.366 e. The Morgan fingerprint density at radius 3 is 2.86 bits per heavy atom. The van der Waals surface area contributed by atoms with Crippen molar-refractivity contribution in [3.8, 4) is 0 Å². The Morgan fingerprint density at radius 1 is 1.36 bits per heavy atom. The lowest BCUT2D eigenvalue weighted by atomic mass is 10.0. The third-order valence-corrected chi connectivity index (χ3v) is 2.24. The molecule has 0 aliphatic rings. The van der Waals surface area contributed by atoms with Gasteiger partial charge >= 0.3 is 0 Å². The molecule has 0 atom stereocenters. The summed E-state index contributed by atoms with van der Waals surface area (Å²) in [7, 11) is 0. The predicted molar refractivity (Wildman–Crippen MR) is 55.0 cm³/mol. The van der Waals surface area contributed by atoms with E-state index in [-0.39, 0.29) is 0 Å². The topological polar surface area (TPSA) is 56.0 Å². The first-order valence-electron chi connectivity index (χ1n) is 4.33. The maximum Gasteiger partial charge on any atom is 0.249 e. The molecule has 1 amide bonds. The third-order valence-electron chi connectivity index (χ3n) is 2.24. The molecule has 0 unspecified atom stereocenters. The lowest BCUT2D eigenvalue weighted by Gasteiger charge is -2.04. The van der Waals surface area contributed by atoms with E-state index in [0.717, 1.165) is 16.3 Å². The van der Waals surface area contributed by atoms with Gasteiger partial charge in [0.25, 0.3) is 0 Å². The molecule has 1 heterocycles. The predicted octanol–water partition coefficient (Wildman–Crippen LogP) is 1.64. The number of fused-ring (bicyclic) bond motifs is 1. The number of hydrogen-bond donors (Lipinski definition) is 1. The van der Waals surface area contributed by atoms with Gasteiger partial charge in [-0.15, -0.1) is 0 Å². The van der Waals surface area contributed by atoms with Crippen molar-refractivity contribution < 1.29 is 4.79 Å². The van der Waals surface area contributed by atoms with Crippen molar-refractivity contribution in [2.24, 2.45) is 5.73 Å². The second-order valence-electron chi connectivity index (χ2n) is 3.22. The molecule has 0 bridgehead atoms. The molecule has 14 heavy (non-hydrogen) atoms. The summed E-state index contributed by atoms with van der Waals surface area (Å²) in [5.41, 5.74) is 6.82. The molecule has 0 spiro atoms. The van der Waals surface area contributed by atoms with E-state index in [1.807, 2.05) is 19.1 Å². The fraction of sp³-hybridized carbons (Fsp3) is 0.0909. The first-order chi connectivity index (χ1) is 6.70. The van der Waals surface area contributed by atoms with E-state index in [1.165, 1.54) is 0 Å². The van der Waals surface area contributed by atoms with Crippen LogP contribution in [0.25, 0.3) is 10.8 Å². The fourth-order valence-corrected chi connectivity index (χ4v) is 1.62. The van der Waals surface area contributed by atoms with Crippen molar-refractivity contribution in [2.75, 3.05) is 0 Å². The summed E-state index contributed by atoms with van der Waals surface area (Å²) in [6, 6.07) is 5.46. The summed E-state index contributed by atoms with van der Waals surface area (Å²) >= 11 is 0. The number of nitrogens with two attached hydrogens (primary N) is 1. The summed E-state index contributed by atoms with van der Waals surface area (Å²) in [6.07, 6.45) is 3.46. The van der Waals surface area contributed by atoms with Crippen molar-refractivity contribution in [2.45, 2.75) is 6.92 Å². The molecule has 0 aliphatic heterocycles. The first-order valence-corrected chi connectivity index (χ1v) is 4.33. The number of carbonyl (C=O) groups excluding carboxylic acids is 1. The van der Waals surface area contributed by atoms with Crippen molar-refractivity contribution in [1.29, 1.82) is 0 Å². The highest BCUT2D eigenvalue weighted by molar-refractivity contribution is 6.07. The van der Waals surface area contributed by atoms with Gasteiger partial charge in [-0.25, -0.2) is 0 Å². The van der Waals surface area contributed by atoms with Crippen molar-refractivity contribution in [3.63, 3.8) is 0 Å². The van der Waals surface area contributed by atoms with E-state index in [1.54, 1.807) is 18.5 Å². The highest BCUT2D eigenvalue weighted by Gasteiger charge is 2.07. The Kier molecular flexibility index (Phi) is 1.93. The maximum atomic E-state index is 11.2. The number of aryl methyl sites for hydroxylation is 1. The molecule has 3 nitrogen and oxygen atoms in total. The van der Waals surface area contributed by atoms with Gasteiger partial charge in [-0.1, -0.05) is 12.1 Å². The zero-order chi connectivity index (χ0) is 10.1. The normalized spacial score (nSPS) is 10.4. The average molecular weight is 186 g/mol. The largest absolute Gasteiger partial charge is 0.366 e. The van der Waals surface area contributed by atoms with Crippen LogP contribution in [0.1, 0.15) is 15.9 Å². The van der Waals surface area contributed by atoms with Gasteiger partial charge in [0, 0.05) is 28.7 Å². The number of pyridine rings is 1. The lowest BCUT2D eigenvalue weighted by Crippen LogP contribution is -2.11. The standard InChI is InChI=1S/C11H10N2O/c1-7-5-13-6-8-3-2-4-9(10(7)8)11(12)14/h2-6H,1H3,(H2,12,14). The molecule has 1 aromatic carbocycles. The summed E-state index contributed by atoms with van der Waals surface area (Å²) in [5, 5.41) is 1.84. The summed E-state index contributed by atoms with van der Waals surface area (Å²) in [6.45, 7) is 1.92. The molecule has 2 aromatic rings. The number of amides is 1. The Balaban J connectivity index is 2.91. The lowest BCUT2D eigenvalue weighted by molar-refractivity contribution is 0.100. The molecular formula is C11H10N2O. The van der Waals surface area contributed by atoms with Crippen molar-refractivity contribution in [3.05, 3.63) is 41.7 Å². The zero-order valence-electron chi connectivity index (χ0n) is 7.82. The molecule has 3 heteroatoms. The van der Waals surface area contributed by atoms with Gasteiger partial charge in [-0.2, -0.15) is 0 Å². The van der Waals surface area contributed by atoms with Crippen molar-refractivity contribution in [1.82, 2.24) is 4.98 Å². The summed E-state index contributed by atoms with van der Waals surface area (Å²) in [4.78, 5) is 15.2. The highest BCUT2D eigenvalue weighted by atomic mass is 16.1. The quantitative estimate of drug-likeness (QED) is 0.736. The van der Waals surface area contributed by atoms with Gasteiger partial charge in [-0.3, -0.25) is 9.78 Å². The van der Waals surface area contributed by atoms with Gasteiger partial charge in [0.15, 0.2) is 0 Å². The molecule has 70 valence electrons. The Bertz CT molecular complexity index is 500. The first kappa shape index (κ1) is 8.69. The van der Waals surface area contributed by atoms with Crippen LogP contribution in [0.4, 0.5) is 0 Å². The number of rotatable bonds is 1. The minimum atomic E-state index is -0.398. The molecule has 0 fully saturated rings. The Hall–Kier alpha value is -1.90. The van der Waals surface area contributed by atoms with Crippen LogP contribution in [0.15, 0.2) is 30.6 Å². The van der Waals surface area contributed by atoms with Gasteiger partial charge in [-0.05, 0) is 18.6 Å². The van der Waals surface area contributed by atoms with Crippen LogP contribution in [0.3, 0.4) is 0 Å². The number of nitrogens with zero attached hydrogens (tertiary/aromatic N) is 1. The van der Waals surface area contributed by atoms with Crippen LogP contribution in [-0.4, -0.2) is 10.9 Å². The van der Waals surface area contributed by atoms with Crippen LogP contribution in [0.5, 0.6) is 0 Å². The van der Waals surface area contributed by atoms with E-state index < -0.39 is 5.91 Å². The SMILES string of the molecule is Cc1cncc2cccc(C(N)=O)c12. The minimum absolute atomic E-state index is 0.398. The highest BCUT2D eigenvalue weighted by Crippen LogP contribution is 2.20. The molecular weight excluding hydrogens is 176 g/mol. The van der Waals surface area contributed by atoms with Crippen LogP contribution >= 0.6 is 0 Å². The molecule has 0 radical (unpaired) electrons. The van der Waals surface area contributed by atoms with Gasteiger partial charge in [0.1, 0.15) is 0 Å². The van der Waals surface area contributed by atoms with Crippen LogP contribution < -0.4 is 5.73 Å². The van der Waals surface area contributed by atoms with E-state index in [2.05, 4.69) is 4.98 Å². The van der Waals surface area contributed by atoms with Crippen LogP contribution in [0.2, 0.25) is 0 Å². The second kappa shape index (κ2) is 3.10. The van der Waals surface area contributed by atoms with Crippen molar-refractivity contribution >= 4 is 16.7 Å². The van der Waals surface area contributed by atoms with Crippen LogP contribution in [-0.2, 0) is 0 Å². The summed E-state index contributed by atoms with van der Waals surface area (Å²) < 4.78 is 0. The molecule has 0 aliphatic carbocycles. The van der Waals surface area contributed by atoms with E-state index in [0.29, 0.717) is 5.56 Å².